The number of Topliss-reactive ketones (excluding diaryl/α,β-unsaturated/α-hetero) is 1. The van der Waals surface area contributed by atoms with Crippen LogP contribution >= 0.6 is 0 Å². The van der Waals surface area contributed by atoms with Gasteiger partial charge in [-0.15, -0.1) is 0 Å². The number of amides is 1. The highest BCUT2D eigenvalue weighted by atomic mass is 16.1. The third-order valence-electron chi connectivity index (χ3n) is 8.78. The lowest BCUT2D eigenvalue weighted by Gasteiger charge is -2.60. The molecule has 4 aliphatic rings. The molecule has 4 rings (SSSR count). The van der Waals surface area contributed by atoms with Gasteiger partial charge in [-0.1, -0.05) is 13.8 Å². The van der Waals surface area contributed by atoms with Gasteiger partial charge in [-0.3, -0.25) is 9.59 Å². The van der Waals surface area contributed by atoms with E-state index < -0.39 is 0 Å². The van der Waals surface area contributed by atoms with Gasteiger partial charge in [0.25, 0.3) is 0 Å². The summed E-state index contributed by atoms with van der Waals surface area (Å²) in [6.07, 6.45) is 10.5. The zero-order valence-electron chi connectivity index (χ0n) is 15.6. The molecule has 134 valence electrons. The third-order valence-corrected chi connectivity index (χ3v) is 8.78. The summed E-state index contributed by atoms with van der Waals surface area (Å²) < 4.78 is 0. The molecule has 3 nitrogen and oxygen atoms in total. The minimum absolute atomic E-state index is 0.00223. The Kier molecular flexibility index (Phi) is 3.85. The lowest BCUT2D eigenvalue weighted by molar-refractivity contribution is -0.139. The van der Waals surface area contributed by atoms with E-state index in [9.17, 15) is 9.59 Å². The average Bonchev–Trinajstić information content (AvgIpc) is 2.83. The van der Waals surface area contributed by atoms with Gasteiger partial charge in [0.05, 0.1) is 0 Å². The first-order valence-corrected chi connectivity index (χ1v) is 10.1. The maximum absolute atomic E-state index is 12.5. The molecule has 0 unspecified atom stereocenters. The van der Waals surface area contributed by atoms with Gasteiger partial charge in [0.15, 0.2) is 0 Å². The summed E-state index contributed by atoms with van der Waals surface area (Å²) in [7, 11) is 0. The summed E-state index contributed by atoms with van der Waals surface area (Å²) in [6.45, 7) is 6.45. The van der Waals surface area contributed by atoms with Crippen LogP contribution in [-0.4, -0.2) is 17.7 Å². The second kappa shape index (κ2) is 5.57. The minimum atomic E-state index is -0.00223. The number of hydrogen-bond donors (Lipinski definition) is 1. The highest BCUT2D eigenvalue weighted by Gasteiger charge is 2.60. The van der Waals surface area contributed by atoms with E-state index in [0.717, 1.165) is 43.4 Å². The molecule has 0 aromatic heterocycles. The van der Waals surface area contributed by atoms with Crippen molar-refractivity contribution in [2.24, 2.45) is 34.5 Å². The Morgan fingerprint density at radius 3 is 2.58 bits per heavy atom. The fourth-order valence-electron chi connectivity index (χ4n) is 7.45. The average molecular weight is 332 g/mol. The fourth-order valence-corrected chi connectivity index (χ4v) is 7.45. The Balaban J connectivity index is 1.54. The van der Waals surface area contributed by atoms with E-state index in [0.29, 0.717) is 23.2 Å². The van der Waals surface area contributed by atoms with Gasteiger partial charge < -0.3 is 5.32 Å². The van der Waals surface area contributed by atoms with Crippen molar-refractivity contribution in [2.75, 3.05) is 0 Å². The Morgan fingerprint density at radius 2 is 1.83 bits per heavy atom. The number of rotatable bonds is 1. The minimum Gasteiger partial charge on any atom is -0.354 e. The molecule has 3 heteroatoms. The van der Waals surface area contributed by atoms with Crippen molar-refractivity contribution in [3.63, 3.8) is 0 Å². The summed E-state index contributed by atoms with van der Waals surface area (Å²) >= 11 is 0. The van der Waals surface area contributed by atoms with Crippen LogP contribution in [0.15, 0.2) is 0 Å². The van der Waals surface area contributed by atoms with E-state index >= 15 is 0 Å². The Hall–Kier alpha value is -0.860. The van der Waals surface area contributed by atoms with Crippen LogP contribution in [0.3, 0.4) is 0 Å². The van der Waals surface area contributed by atoms with Gasteiger partial charge in [-0.25, -0.2) is 0 Å². The molecule has 0 aromatic rings. The van der Waals surface area contributed by atoms with Crippen molar-refractivity contribution in [3.05, 3.63) is 0 Å². The molecule has 0 heterocycles. The number of ketones is 1. The molecule has 0 radical (unpaired) electrons. The topological polar surface area (TPSA) is 46.2 Å². The predicted molar refractivity (Wildman–Crippen MR) is 94.3 cm³/mol. The standard InChI is InChI=1S/C21H33NO2/c1-13(23)22-15-8-10-20(2)14(12-15)4-5-16-17-6-7-19(24)21(17,3)11-9-18(16)20/h14-18H,4-12H2,1-3H3,(H,22,23)/t14-,15-,16+,17+,18+,20+,21+/m1/s1. The maximum Gasteiger partial charge on any atom is 0.217 e. The number of carbonyl (C=O) groups is 2. The highest BCUT2D eigenvalue weighted by Crippen LogP contribution is 2.65. The molecule has 4 fully saturated rings. The molecule has 0 spiro atoms. The quantitative estimate of drug-likeness (QED) is 0.786. The molecular formula is C21H33NO2. The lowest BCUT2D eigenvalue weighted by Crippen LogP contribution is -2.55. The van der Waals surface area contributed by atoms with E-state index in [1.165, 1.54) is 32.1 Å². The second-order valence-corrected chi connectivity index (χ2v) is 9.75. The van der Waals surface area contributed by atoms with E-state index in [4.69, 9.17) is 0 Å². The van der Waals surface area contributed by atoms with Crippen molar-refractivity contribution in [1.29, 1.82) is 0 Å². The van der Waals surface area contributed by atoms with Crippen molar-refractivity contribution >= 4 is 11.7 Å². The molecule has 1 amide bonds. The van der Waals surface area contributed by atoms with Crippen LogP contribution in [0.4, 0.5) is 0 Å². The zero-order chi connectivity index (χ0) is 17.1. The van der Waals surface area contributed by atoms with Crippen LogP contribution in [0, 0.1) is 34.5 Å². The van der Waals surface area contributed by atoms with E-state index in [1.807, 2.05) is 0 Å². The van der Waals surface area contributed by atoms with Gasteiger partial charge in [-0.05, 0) is 80.5 Å². The molecular weight excluding hydrogens is 298 g/mol. The first-order chi connectivity index (χ1) is 11.3. The van der Waals surface area contributed by atoms with Crippen LogP contribution in [0.5, 0.6) is 0 Å². The summed E-state index contributed by atoms with van der Waals surface area (Å²) in [5, 5.41) is 3.17. The first kappa shape index (κ1) is 16.6. The summed E-state index contributed by atoms with van der Waals surface area (Å²) in [6, 6.07) is 0.388. The normalized spacial score (nSPS) is 50.6. The summed E-state index contributed by atoms with van der Waals surface area (Å²) in [5.41, 5.74) is 0.433. The smallest absolute Gasteiger partial charge is 0.217 e. The van der Waals surface area contributed by atoms with Crippen LogP contribution in [0.2, 0.25) is 0 Å². The molecule has 0 saturated heterocycles. The number of hydrogen-bond acceptors (Lipinski definition) is 2. The van der Waals surface area contributed by atoms with Gasteiger partial charge >= 0.3 is 0 Å². The number of fused-ring (bicyclic) bond motifs is 5. The Bertz CT molecular complexity index is 558. The zero-order valence-corrected chi connectivity index (χ0v) is 15.6. The fraction of sp³-hybridized carbons (Fsp3) is 0.905. The van der Waals surface area contributed by atoms with E-state index in [-0.39, 0.29) is 11.3 Å². The second-order valence-electron chi connectivity index (χ2n) is 9.75. The number of nitrogens with one attached hydrogen (secondary N) is 1. The van der Waals surface area contributed by atoms with Crippen LogP contribution < -0.4 is 5.32 Å². The molecule has 0 bridgehead atoms. The first-order valence-electron chi connectivity index (χ1n) is 10.1. The molecule has 7 atom stereocenters. The summed E-state index contributed by atoms with van der Waals surface area (Å²) in [5.74, 6) is 3.65. The Morgan fingerprint density at radius 1 is 1.04 bits per heavy atom. The largest absolute Gasteiger partial charge is 0.354 e. The van der Waals surface area contributed by atoms with Crippen molar-refractivity contribution in [1.82, 2.24) is 5.32 Å². The van der Waals surface area contributed by atoms with Gasteiger partial charge in [0.1, 0.15) is 5.78 Å². The van der Waals surface area contributed by atoms with E-state index in [1.54, 1.807) is 6.92 Å². The molecule has 1 N–H and O–H groups in total. The summed E-state index contributed by atoms with van der Waals surface area (Å²) in [4.78, 5) is 23.9. The van der Waals surface area contributed by atoms with Crippen LogP contribution in [0.25, 0.3) is 0 Å². The molecule has 0 aliphatic heterocycles. The monoisotopic (exact) mass is 331 g/mol. The predicted octanol–water partition coefficient (Wildman–Crippen LogP) is 4.10. The molecule has 4 saturated carbocycles. The maximum atomic E-state index is 12.5. The number of carbonyl (C=O) groups excluding carboxylic acids is 2. The lowest BCUT2D eigenvalue weighted by atomic mass is 9.45. The van der Waals surface area contributed by atoms with Gasteiger partial charge in [-0.2, -0.15) is 0 Å². The van der Waals surface area contributed by atoms with Crippen molar-refractivity contribution in [2.45, 2.75) is 84.6 Å². The SMILES string of the molecule is CC(=O)N[C@@H]1CC[C@@]2(C)[C@H](CC[C@@H]3[C@@H]2CC[C@]2(C)C(=O)CC[C@@H]32)C1. The molecule has 0 aromatic carbocycles. The van der Waals surface area contributed by atoms with Gasteiger partial charge in [0, 0.05) is 24.8 Å². The molecule has 4 aliphatic carbocycles. The van der Waals surface area contributed by atoms with Crippen LogP contribution in [0.1, 0.15) is 78.6 Å². The highest BCUT2D eigenvalue weighted by molar-refractivity contribution is 5.87. The third kappa shape index (κ3) is 2.29. The molecule has 24 heavy (non-hydrogen) atoms. The Labute approximate surface area is 146 Å². The van der Waals surface area contributed by atoms with Crippen molar-refractivity contribution < 1.29 is 9.59 Å². The van der Waals surface area contributed by atoms with Gasteiger partial charge in [0.2, 0.25) is 5.91 Å². The van der Waals surface area contributed by atoms with E-state index in [2.05, 4.69) is 19.2 Å². The van der Waals surface area contributed by atoms with Crippen molar-refractivity contribution in [3.8, 4) is 0 Å². The van der Waals surface area contributed by atoms with Crippen LogP contribution in [-0.2, 0) is 9.59 Å².